The molecule has 6 heteroatoms. The topological polar surface area (TPSA) is 86.7 Å². The Hall–Kier alpha value is -0.720. The van der Waals surface area contributed by atoms with Crippen molar-refractivity contribution in [2.75, 3.05) is 0 Å². The van der Waals surface area contributed by atoms with Gasteiger partial charge in [-0.2, -0.15) is 0 Å². The summed E-state index contributed by atoms with van der Waals surface area (Å²) in [5.41, 5.74) is 0. The van der Waals surface area contributed by atoms with E-state index in [-0.39, 0.29) is 0 Å². The molecule has 5 nitrogen and oxygen atoms in total. The smallest absolute Gasteiger partial charge is 0.338 e. The Labute approximate surface area is 59.8 Å². The second kappa shape index (κ2) is 4.15. The van der Waals surface area contributed by atoms with E-state index in [1.807, 2.05) is 0 Å². The molecule has 2 unspecified atom stereocenters. The van der Waals surface area contributed by atoms with Crippen LogP contribution < -0.4 is 0 Å². The Kier molecular flexibility index (Phi) is 3.85. The predicted octanol–water partition coefficient (Wildman–Crippen LogP) is -0.564. The summed E-state index contributed by atoms with van der Waals surface area (Å²) in [4.78, 5) is 10.00. The monoisotopic (exact) mass is 165 g/mol. The minimum absolute atomic E-state index is 0.873. The van der Waals surface area contributed by atoms with Crippen molar-refractivity contribution < 1.29 is 22.8 Å². The molecular formula is C4H5O5S-. The Morgan fingerprint density at radius 3 is 2.50 bits per heavy atom. The van der Waals surface area contributed by atoms with Gasteiger partial charge in [0.25, 0.3) is 0 Å². The van der Waals surface area contributed by atoms with Crippen molar-refractivity contribution >= 4 is 17.3 Å². The van der Waals surface area contributed by atoms with Gasteiger partial charge in [0.05, 0.1) is 11.4 Å². The largest absolute Gasteiger partial charge is 0.750 e. The Morgan fingerprint density at radius 2 is 2.40 bits per heavy atom. The molecule has 0 amide bonds. The van der Waals surface area contributed by atoms with Crippen LogP contribution in [0, 0.1) is 0 Å². The van der Waals surface area contributed by atoms with Crippen molar-refractivity contribution in [3.8, 4) is 0 Å². The molecule has 0 rings (SSSR count). The maximum atomic E-state index is 10.00. The van der Waals surface area contributed by atoms with E-state index >= 15 is 0 Å². The number of hydrogen-bond donors (Lipinski definition) is 1. The first-order valence-corrected chi connectivity index (χ1v) is 3.19. The lowest BCUT2D eigenvalue weighted by atomic mass is 10.4. The average Bonchev–Trinajstić information content (AvgIpc) is 1.81. The first kappa shape index (κ1) is 9.28. The zero-order valence-corrected chi connectivity index (χ0v) is 5.67. The molecule has 2 atom stereocenters. The molecular weight excluding hydrogens is 160 g/mol. The van der Waals surface area contributed by atoms with Crippen LogP contribution in [0.1, 0.15) is 0 Å². The molecule has 0 aromatic heterocycles. The number of rotatable bonds is 4. The summed E-state index contributed by atoms with van der Waals surface area (Å²) in [5, 5.41) is 8.15. The summed E-state index contributed by atoms with van der Waals surface area (Å²) in [6, 6.07) is 0. The van der Waals surface area contributed by atoms with E-state index in [0.29, 0.717) is 0 Å². The van der Waals surface area contributed by atoms with E-state index in [9.17, 15) is 13.6 Å². The number of carbonyl (C=O) groups is 1. The van der Waals surface area contributed by atoms with Gasteiger partial charge in [-0.1, -0.05) is 12.7 Å². The summed E-state index contributed by atoms with van der Waals surface area (Å²) in [5.74, 6) is -1.39. The summed E-state index contributed by atoms with van der Waals surface area (Å²) >= 11 is -2.82. The fraction of sp³-hybridized carbons (Fsp3) is 0.250. The molecule has 0 fully saturated rings. The second-order valence-electron chi connectivity index (χ2n) is 1.29. The van der Waals surface area contributed by atoms with Crippen LogP contribution in [0.25, 0.3) is 0 Å². The fourth-order valence-corrected chi connectivity index (χ4v) is 0.596. The highest BCUT2D eigenvalue weighted by Gasteiger charge is 2.13. The number of carboxylic acids is 1. The highest BCUT2D eigenvalue weighted by atomic mass is 32.2. The lowest BCUT2D eigenvalue weighted by molar-refractivity contribution is -0.142. The Morgan fingerprint density at radius 1 is 1.90 bits per heavy atom. The van der Waals surface area contributed by atoms with Crippen molar-refractivity contribution in [1.29, 1.82) is 0 Å². The van der Waals surface area contributed by atoms with E-state index in [4.69, 9.17) is 5.11 Å². The van der Waals surface area contributed by atoms with E-state index in [1.165, 1.54) is 0 Å². The first-order chi connectivity index (χ1) is 4.57. The summed E-state index contributed by atoms with van der Waals surface area (Å²) in [7, 11) is 0. The van der Waals surface area contributed by atoms with Crippen molar-refractivity contribution in [2.45, 2.75) is 6.10 Å². The van der Waals surface area contributed by atoms with Gasteiger partial charge < -0.3 is 9.66 Å². The number of carboxylic acid groups (broad SMARTS) is 1. The van der Waals surface area contributed by atoms with Crippen LogP contribution in [0.4, 0.5) is 0 Å². The van der Waals surface area contributed by atoms with Gasteiger partial charge in [0.2, 0.25) is 0 Å². The molecule has 0 radical (unpaired) electrons. The minimum Gasteiger partial charge on any atom is -0.750 e. The average molecular weight is 165 g/mol. The normalized spacial score (nSPS) is 15.7. The molecule has 0 bridgehead atoms. The molecule has 0 heterocycles. The van der Waals surface area contributed by atoms with Gasteiger partial charge in [-0.05, 0) is 0 Å². The zero-order chi connectivity index (χ0) is 8.15. The van der Waals surface area contributed by atoms with Gasteiger partial charge in [0, 0.05) is 0 Å². The van der Waals surface area contributed by atoms with Crippen molar-refractivity contribution in [2.24, 2.45) is 0 Å². The highest BCUT2D eigenvalue weighted by Crippen LogP contribution is 1.94. The van der Waals surface area contributed by atoms with E-state index in [0.717, 1.165) is 6.08 Å². The van der Waals surface area contributed by atoms with Gasteiger partial charge >= 0.3 is 5.97 Å². The summed E-state index contributed by atoms with van der Waals surface area (Å²) in [6.07, 6.45) is -0.615. The SMILES string of the molecule is C=CC(OS(=O)[O-])C(=O)O. The van der Waals surface area contributed by atoms with Crippen molar-refractivity contribution in [3.05, 3.63) is 12.7 Å². The van der Waals surface area contributed by atoms with Crippen LogP contribution >= 0.6 is 0 Å². The van der Waals surface area contributed by atoms with Crippen LogP contribution in [0.15, 0.2) is 12.7 Å². The first-order valence-electron chi connectivity index (χ1n) is 2.19. The van der Waals surface area contributed by atoms with Crippen LogP contribution in [-0.4, -0.2) is 25.9 Å². The maximum absolute atomic E-state index is 10.00. The highest BCUT2D eigenvalue weighted by molar-refractivity contribution is 7.74. The fourth-order valence-electron chi connectivity index (χ4n) is 0.266. The number of aliphatic carboxylic acids is 1. The molecule has 1 N–H and O–H groups in total. The molecule has 58 valence electrons. The molecule has 0 aliphatic heterocycles. The molecule has 0 saturated heterocycles. The standard InChI is InChI=1S/C4H6O5S/c1-2-3(4(5)6)9-10(7)8/h2-3H,1H2,(H,5,6)(H,7,8)/p-1. The minimum atomic E-state index is -2.82. The lowest BCUT2D eigenvalue weighted by Crippen LogP contribution is -2.21. The zero-order valence-electron chi connectivity index (χ0n) is 4.85. The predicted molar refractivity (Wildman–Crippen MR) is 31.6 cm³/mol. The Bertz CT molecular complexity index is 165. The van der Waals surface area contributed by atoms with Crippen LogP contribution in [0.2, 0.25) is 0 Å². The van der Waals surface area contributed by atoms with Gasteiger partial charge in [0.1, 0.15) is 0 Å². The third-order valence-electron chi connectivity index (χ3n) is 0.640. The molecule has 0 aromatic carbocycles. The quantitative estimate of drug-likeness (QED) is 0.445. The third-order valence-corrected chi connectivity index (χ3v) is 1.00. The molecule has 0 aliphatic rings. The van der Waals surface area contributed by atoms with E-state index in [1.54, 1.807) is 0 Å². The summed E-state index contributed by atoms with van der Waals surface area (Å²) < 4.78 is 23.3. The van der Waals surface area contributed by atoms with Gasteiger partial charge in [-0.3, -0.25) is 4.18 Å². The maximum Gasteiger partial charge on any atom is 0.338 e. The van der Waals surface area contributed by atoms with Crippen LogP contribution in [0.3, 0.4) is 0 Å². The van der Waals surface area contributed by atoms with Gasteiger partial charge in [-0.15, -0.1) is 0 Å². The molecule has 0 aromatic rings. The summed E-state index contributed by atoms with van der Waals surface area (Å²) in [6.45, 7) is 3.06. The van der Waals surface area contributed by atoms with E-state index < -0.39 is 23.4 Å². The molecule has 10 heavy (non-hydrogen) atoms. The Balaban J connectivity index is 3.96. The van der Waals surface area contributed by atoms with E-state index in [2.05, 4.69) is 10.8 Å². The van der Waals surface area contributed by atoms with Gasteiger partial charge in [-0.25, -0.2) is 9.00 Å². The molecule has 0 aliphatic carbocycles. The third kappa shape index (κ3) is 3.33. The lowest BCUT2D eigenvalue weighted by Gasteiger charge is -2.09. The second-order valence-corrected chi connectivity index (χ2v) is 1.90. The molecule has 0 spiro atoms. The number of hydrogen-bond acceptors (Lipinski definition) is 4. The van der Waals surface area contributed by atoms with Gasteiger partial charge in [0.15, 0.2) is 6.10 Å². The van der Waals surface area contributed by atoms with Crippen molar-refractivity contribution in [3.63, 3.8) is 0 Å². The van der Waals surface area contributed by atoms with Crippen LogP contribution in [0.5, 0.6) is 0 Å². The van der Waals surface area contributed by atoms with Crippen molar-refractivity contribution in [1.82, 2.24) is 0 Å². The van der Waals surface area contributed by atoms with Crippen LogP contribution in [-0.2, 0) is 20.3 Å². The molecule has 0 saturated carbocycles.